The number of esters is 1. The number of fused-ring (bicyclic) bond motifs is 1. The van der Waals surface area contributed by atoms with Gasteiger partial charge >= 0.3 is 5.97 Å². The number of nitrogens with zero attached hydrogens (tertiary/aromatic N) is 3. The molecular formula is C17H25N3O3S. The van der Waals surface area contributed by atoms with Crippen molar-refractivity contribution in [2.75, 3.05) is 19.3 Å². The minimum Gasteiger partial charge on any atom is -0.460 e. The predicted molar refractivity (Wildman–Crippen MR) is 93.2 cm³/mol. The molecule has 1 amide bonds. The van der Waals surface area contributed by atoms with Crippen LogP contribution in [0.1, 0.15) is 57.1 Å². The molecule has 0 atom stereocenters. The summed E-state index contributed by atoms with van der Waals surface area (Å²) in [5, 5.41) is 0.664. The lowest BCUT2D eigenvalue weighted by atomic mass is 9.82. The van der Waals surface area contributed by atoms with Gasteiger partial charge in [-0.25, -0.2) is 9.97 Å². The number of hydrogen-bond acceptors (Lipinski definition) is 6. The zero-order valence-corrected chi connectivity index (χ0v) is 16.0. The Morgan fingerprint density at radius 2 is 2.08 bits per heavy atom. The van der Waals surface area contributed by atoms with E-state index < -0.39 is 5.60 Å². The number of carbonyl (C=O) groups excluding carboxylic acids is 2. The van der Waals surface area contributed by atoms with Gasteiger partial charge in [0, 0.05) is 24.7 Å². The maximum atomic E-state index is 12.7. The van der Waals surface area contributed by atoms with E-state index in [-0.39, 0.29) is 23.7 Å². The molecule has 2 rings (SSSR count). The van der Waals surface area contributed by atoms with Crippen LogP contribution in [0.5, 0.6) is 0 Å². The highest BCUT2D eigenvalue weighted by Crippen LogP contribution is 2.32. The molecule has 132 valence electrons. The van der Waals surface area contributed by atoms with E-state index in [0.29, 0.717) is 23.8 Å². The third-order valence-corrected chi connectivity index (χ3v) is 4.26. The Labute approximate surface area is 147 Å². The first-order valence-electron chi connectivity index (χ1n) is 7.96. The molecule has 0 unspecified atom stereocenters. The topological polar surface area (TPSA) is 72.4 Å². The van der Waals surface area contributed by atoms with Gasteiger partial charge in [0.25, 0.3) is 5.91 Å². The Bertz CT molecular complexity index is 653. The van der Waals surface area contributed by atoms with Gasteiger partial charge in [-0.3, -0.25) is 9.59 Å². The Hall–Kier alpha value is -1.63. The van der Waals surface area contributed by atoms with E-state index in [9.17, 15) is 9.59 Å². The minimum absolute atomic E-state index is 0.125. The van der Waals surface area contributed by atoms with Crippen molar-refractivity contribution in [1.29, 1.82) is 0 Å². The molecule has 0 saturated carbocycles. The Balaban J connectivity index is 2.15. The molecule has 0 radical (unpaired) electrons. The number of ether oxygens (including phenoxy) is 1. The van der Waals surface area contributed by atoms with Crippen molar-refractivity contribution in [1.82, 2.24) is 14.9 Å². The Morgan fingerprint density at radius 3 is 2.67 bits per heavy atom. The van der Waals surface area contributed by atoms with E-state index in [2.05, 4.69) is 23.8 Å². The van der Waals surface area contributed by atoms with Crippen LogP contribution >= 0.6 is 11.8 Å². The van der Waals surface area contributed by atoms with Crippen molar-refractivity contribution >= 4 is 23.6 Å². The molecule has 0 fully saturated rings. The third kappa shape index (κ3) is 4.26. The van der Waals surface area contributed by atoms with Crippen LogP contribution in [0.25, 0.3) is 0 Å². The van der Waals surface area contributed by atoms with Crippen molar-refractivity contribution in [2.45, 2.75) is 57.2 Å². The zero-order chi connectivity index (χ0) is 18.1. The summed E-state index contributed by atoms with van der Waals surface area (Å²) in [6, 6.07) is 0. The summed E-state index contributed by atoms with van der Waals surface area (Å²) < 4.78 is 5.31. The van der Waals surface area contributed by atoms with E-state index >= 15 is 0 Å². The van der Waals surface area contributed by atoms with Crippen LogP contribution < -0.4 is 0 Å². The average Bonchev–Trinajstić information content (AvgIpc) is 2.47. The standard InChI is InChI=1S/C17H25N3O3S/c1-16(2,3)23-12(21)7-8-20-10-17(4,5)13-11(14(20)22)9-18-15(19-13)24-6/h9H,7-8,10H2,1-6H3. The van der Waals surface area contributed by atoms with Crippen molar-refractivity contribution < 1.29 is 14.3 Å². The molecule has 1 aromatic rings. The fourth-order valence-electron chi connectivity index (χ4n) is 2.73. The predicted octanol–water partition coefficient (Wildman–Crippen LogP) is 2.66. The largest absolute Gasteiger partial charge is 0.460 e. The number of aromatic nitrogens is 2. The summed E-state index contributed by atoms with van der Waals surface area (Å²) in [5.74, 6) is -0.423. The van der Waals surface area contributed by atoms with E-state index in [1.807, 2.05) is 27.0 Å². The highest BCUT2D eigenvalue weighted by molar-refractivity contribution is 7.98. The summed E-state index contributed by atoms with van der Waals surface area (Å²) in [6.45, 7) is 10.4. The summed E-state index contributed by atoms with van der Waals surface area (Å²) in [4.78, 5) is 35.0. The SMILES string of the molecule is CSc1ncc2c(n1)C(C)(C)CN(CCC(=O)OC(C)(C)C)C2=O. The molecular weight excluding hydrogens is 326 g/mol. The fourth-order valence-corrected chi connectivity index (χ4v) is 3.07. The van der Waals surface area contributed by atoms with Gasteiger partial charge in [0.2, 0.25) is 0 Å². The highest BCUT2D eigenvalue weighted by atomic mass is 32.2. The van der Waals surface area contributed by atoms with Crippen LogP contribution in [0.4, 0.5) is 0 Å². The lowest BCUT2D eigenvalue weighted by Crippen LogP contribution is -2.48. The first-order valence-corrected chi connectivity index (χ1v) is 9.18. The molecule has 0 N–H and O–H groups in total. The van der Waals surface area contributed by atoms with Crippen LogP contribution in [0.3, 0.4) is 0 Å². The van der Waals surface area contributed by atoms with Gasteiger partial charge in [0.1, 0.15) is 5.60 Å². The number of thioether (sulfide) groups is 1. The molecule has 7 heteroatoms. The maximum absolute atomic E-state index is 12.7. The van der Waals surface area contributed by atoms with Gasteiger partial charge in [0.15, 0.2) is 5.16 Å². The van der Waals surface area contributed by atoms with Gasteiger partial charge in [-0.2, -0.15) is 0 Å². The number of hydrogen-bond donors (Lipinski definition) is 0. The molecule has 1 aromatic heterocycles. The molecule has 6 nitrogen and oxygen atoms in total. The molecule has 0 spiro atoms. The summed E-state index contributed by atoms with van der Waals surface area (Å²) in [7, 11) is 0. The van der Waals surface area contributed by atoms with Crippen molar-refractivity contribution in [3.05, 3.63) is 17.5 Å². The van der Waals surface area contributed by atoms with E-state index in [1.54, 1.807) is 11.1 Å². The summed E-state index contributed by atoms with van der Waals surface area (Å²) in [5.41, 5.74) is 0.496. The average molecular weight is 351 g/mol. The van der Waals surface area contributed by atoms with Crippen LogP contribution in [0.15, 0.2) is 11.4 Å². The van der Waals surface area contributed by atoms with Crippen LogP contribution in [0.2, 0.25) is 0 Å². The smallest absolute Gasteiger partial charge is 0.308 e. The zero-order valence-electron chi connectivity index (χ0n) is 15.2. The van der Waals surface area contributed by atoms with Gasteiger partial charge in [0.05, 0.1) is 17.7 Å². The van der Waals surface area contributed by atoms with Gasteiger partial charge in [-0.05, 0) is 27.0 Å². The van der Waals surface area contributed by atoms with E-state index in [1.165, 1.54) is 11.8 Å². The van der Waals surface area contributed by atoms with Crippen LogP contribution in [-0.4, -0.2) is 51.7 Å². The molecule has 1 aliphatic rings. The van der Waals surface area contributed by atoms with Gasteiger partial charge < -0.3 is 9.64 Å². The van der Waals surface area contributed by atoms with Crippen molar-refractivity contribution in [3.63, 3.8) is 0 Å². The lowest BCUT2D eigenvalue weighted by molar-refractivity contribution is -0.155. The molecule has 0 bridgehead atoms. The van der Waals surface area contributed by atoms with Gasteiger partial charge in [-0.1, -0.05) is 25.6 Å². The van der Waals surface area contributed by atoms with Crippen LogP contribution in [-0.2, 0) is 14.9 Å². The third-order valence-electron chi connectivity index (χ3n) is 3.70. The van der Waals surface area contributed by atoms with E-state index in [4.69, 9.17) is 4.74 Å². The minimum atomic E-state index is -0.517. The second kappa shape index (κ2) is 6.70. The quantitative estimate of drug-likeness (QED) is 0.472. The molecule has 2 heterocycles. The molecule has 0 aromatic carbocycles. The Kier molecular flexibility index (Phi) is 5.22. The second-order valence-electron chi connectivity index (χ2n) is 7.57. The van der Waals surface area contributed by atoms with Gasteiger partial charge in [-0.15, -0.1) is 0 Å². The molecule has 24 heavy (non-hydrogen) atoms. The summed E-state index contributed by atoms with van der Waals surface area (Å²) >= 11 is 1.46. The maximum Gasteiger partial charge on any atom is 0.308 e. The number of rotatable bonds is 4. The lowest BCUT2D eigenvalue weighted by Gasteiger charge is -2.38. The number of carbonyl (C=O) groups is 2. The summed E-state index contributed by atoms with van der Waals surface area (Å²) in [6.07, 6.45) is 3.68. The molecule has 0 aliphatic carbocycles. The second-order valence-corrected chi connectivity index (χ2v) is 8.34. The monoisotopic (exact) mass is 351 g/mol. The number of amides is 1. The normalized spacial score (nSPS) is 16.8. The first kappa shape index (κ1) is 18.7. The highest BCUT2D eigenvalue weighted by Gasteiger charge is 2.38. The first-order chi connectivity index (χ1) is 11.0. The fraction of sp³-hybridized carbons (Fsp3) is 0.647. The van der Waals surface area contributed by atoms with Crippen molar-refractivity contribution in [3.8, 4) is 0 Å². The van der Waals surface area contributed by atoms with Crippen molar-refractivity contribution in [2.24, 2.45) is 0 Å². The molecule has 0 saturated heterocycles. The molecule has 1 aliphatic heterocycles. The Morgan fingerprint density at radius 1 is 1.42 bits per heavy atom. The van der Waals surface area contributed by atoms with E-state index in [0.717, 1.165) is 5.69 Å². The van der Waals surface area contributed by atoms with Crippen LogP contribution in [0, 0.1) is 0 Å².